The molecule has 152 valence electrons. The smallest absolute Gasteiger partial charge is 0.270 e. The topological polar surface area (TPSA) is 56.4 Å². The molecule has 1 aromatic carbocycles. The minimum Gasteiger partial charge on any atom is -0.351 e. The van der Waals surface area contributed by atoms with E-state index in [-0.39, 0.29) is 11.3 Å². The van der Waals surface area contributed by atoms with Crippen LogP contribution in [0.5, 0.6) is 0 Å². The van der Waals surface area contributed by atoms with E-state index in [0.717, 1.165) is 47.9 Å². The van der Waals surface area contributed by atoms with Gasteiger partial charge in [0.05, 0.1) is 5.41 Å². The lowest BCUT2D eigenvalue weighted by molar-refractivity contribution is -0.159. The first-order valence-corrected chi connectivity index (χ1v) is 11.3. The third-order valence-electron chi connectivity index (χ3n) is 8.11. The summed E-state index contributed by atoms with van der Waals surface area (Å²) in [5, 5.41) is 1.06. The van der Waals surface area contributed by atoms with E-state index in [0.29, 0.717) is 37.8 Å². The van der Waals surface area contributed by atoms with Crippen LogP contribution < -0.4 is 0 Å². The first-order valence-electron chi connectivity index (χ1n) is 11.3. The number of nitrogens with one attached hydrogen (secondary N) is 1. The molecule has 7 rings (SSSR count). The highest BCUT2D eigenvalue weighted by Gasteiger charge is 2.55. The Hall–Kier alpha value is -2.30. The number of H-pyrrole nitrogens is 1. The lowest BCUT2D eigenvalue weighted by atomic mass is 9.49. The van der Waals surface area contributed by atoms with Crippen LogP contribution in [0.15, 0.2) is 30.3 Å². The van der Waals surface area contributed by atoms with Gasteiger partial charge in [0.1, 0.15) is 5.69 Å². The van der Waals surface area contributed by atoms with E-state index in [1.807, 2.05) is 35.2 Å². The number of carbonyl (C=O) groups excluding carboxylic acids is 2. The number of rotatable bonds is 2. The second-order valence-corrected chi connectivity index (χ2v) is 10.1. The summed E-state index contributed by atoms with van der Waals surface area (Å²) >= 11 is 0. The summed E-state index contributed by atoms with van der Waals surface area (Å²) in [5.41, 5.74) is 1.57. The van der Waals surface area contributed by atoms with Crippen molar-refractivity contribution < 1.29 is 9.59 Å². The highest BCUT2D eigenvalue weighted by atomic mass is 16.2. The first-order chi connectivity index (χ1) is 14.1. The van der Waals surface area contributed by atoms with Crippen molar-refractivity contribution in [3.8, 4) is 0 Å². The molecule has 1 saturated heterocycles. The van der Waals surface area contributed by atoms with Crippen molar-refractivity contribution in [1.82, 2.24) is 14.8 Å². The molecule has 2 heterocycles. The SMILES string of the molecule is O=C(c1cc2ccccc2[nH]1)N1CCN(C(=O)C23CC4CC(CC(C4)C2)C3)CC1. The third-order valence-corrected chi connectivity index (χ3v) is 8.11. The summed E-state index contributed by atoms with van der Waals surface area (Å²) in [6.07, 6.45) is 7.43. The van der Waals surface area contributed by atoms with Crippen molar-refractivity contribution in [2.75, 3.05) is 26.2 Å². The van der Waals surface area contributed by atoms with Crippen LogP contribution in [0.3, 0.4) is 0 Å². The molecule has 1 aromatic heterocycles. The Balaban J connectivity index is 1.13. The maximum absolute atomic E-state index is 13.5. The van der Waals surface area contributed by atoms with Gasteiger partial charge in [-0.05, 0) is 68.4 Å². The van der Waals surface area contributed by atoms with Gasteiger partial charge in [0.25, 0.3) is 5.91 Å². The molecule has 5 fully saturated rings. The van der Waals surface area contributed by atoms with E-state index in [1.165, 1.54) is 19.3 Å². The van der Waals surface area contributed by atoms with Gasteiger partial charge in [-0.2, -0.15) is 0 Å². The van der Waals surface area contributed by atoms with Crippen molar-refractivity contribution in [2.24, 2.45) is 23.2 Å². The molecule has 1 aliphatic heterocycles. The molecule has 0 unspecified atom stereocenters. The van der Waals surface area contributed by atoms with Crippen LogP contribution >= 0.6 is 0 Å². The summed E-state index contributed by atoms with van der Waals surface area (Å²) in [5.74, 6) is 2.80. The molecule has 0 radical (unpaired) electrons. The van der Waals surface area contributed by atoms with E-state index < -0.39 is 0 Å². The van der Waals surface area contributed by atoms with Gasteiger partial charge in [0, 0.05) is 37.1 Å². The monoisotopic (exact) mass is 391 g/mol. The Morgan fingerprint density at radius 1 is 0.862 bits per heavy atom. The summed E-state index contributed by atoms with van der Waals surface area (Å²) in [6, 6.07) is 9.91. The van der Waals surface area contributed by atoms with Crippen LogP contribution in [-0.2, 0) is 4.79 Å². The molecular weight excluding hydrogens is 362 g/mol. The molecule has 5 aliphatic rings. The molecule has 4 bridgehead atoms. The maximum Gasteiger partial charge on any atom is 0.270 e. The number of amides is 2. The second kappa shape index (κ2) is 6.35. The average molecular weight is 392 g/mol. The van der Waals surface area contributed by atoms with Gasteiger partial charge >= 0.3 is 0 Å². The predicted octanol–water partition coefficient (Wildman–Crippen LogP) is 3.67. The zero-order valence-electron chi connectivity index (χ0n) is 16.9. The summed E-state index contributed by atoms with van der Waals surface area (Å²) < 4.78 is 0. The minimum atomic E-state index is -0.0713. The Kier molecular flexibility index (Phi) is 3.84. The van der Waals surface area contributed by atoms with Crippen LogP contribution in [-0.4, -0.2) is 52.8 Å². The quantitative estimate of drug-likeness (QED) is 0.849. The zero-order chi connectivity index (χ0) is 19.6. The van der Waals surface area contributed by atoms with Crippen molar-refractivity contribution >= 4 is 22.7 Å². The van der Waals surface area contributed by atoms with Crippen LogP contribution in [0.25, 0.3) is 10.9 Å². The molecule has 5 heteroatoms. The standard InChI is InChI=1S/C24H29N3O2/c28-22(21-12-19-3-1-2-4-20(19)25-21)26-5-7-27(8-6-26)23(29)24-13-16-9-17(14-24)11-18(10-16)15-24/h1-4,12,16-18,25H,5-11,13-15H2. The number of fused-ring (bicyclic) bond motifs is 1. The molecule has 2 amide bonds. The molecule has 0 atom stereocenters. The number of aromatic amines is 1. The Morgan fingerprint density at radius 3 is 2.07 bits per heavy atom. The Morgan fingerprint density at radius 2 is 1.45 bits per heavy atom. The van der Waals surface area contributed by atoms with Crippen molar-refractivity contribution in [1.29, 1.82) is 0 Å². The molecule has 1 N–H and O–H groups in total. The average Bonchev–Trinajstić information content (AvgIpc) is 3.16. The van der Waals surface area contributed by atoms with E-state index in [4.69, 9.17) is 0 Å². The molecule has 4 aliphatic carbocycles. The number of hydrogen-bond acceptors (Lipinski definition) is 2. The van der Waals surface area contributed by atoms with Gasteiger partial charge in [-0.1, -0.05) is 18.2 Å². The number of nitrogens with zero attached hydrogens (tertiary/aromatic N) is 2. The number of aromatic nitrogens is 1. The normalized spacial score (nSPS) is 33.4. The summed E-state index contributed by atoms with van der Waals surface area (Å²) in [4.78, 5) is 33.7. The van der Waals surface area contributed by atoms with E-state index in [2.05, 4.69) is 9.88 Å². The molecule has 2 aromatic rings. The Labute approximate surface area is 171 Å². The van der Waals surface area contributed by atoms with Gasteiger partial charge < -0.3 is 14.8 Å². The maximum atomic E-state index is 13.5. The van der Waals surface area contributed by atoms with E-state index in [9.17, 15) is 9.59 Å². The van der Waals surface area contributed by atoms with Crippen LogP contribution in [0, 0.1) is 23.2 Å². The predicted molar refractivity (Wildman–Crippen MR) is 111 cm³/mol. The fourth-order valence-corrected chi connectivity index (χ4v) is 7.18. The van der Waals surface area contributed by atoms with Gasteiger partial charge in [-0.15, -0.1) is 0 Å². The number of benzene rings is 1. The van der Waals surface area contributed by atoms with Gasteiger partial charge in [0.15, 0.2) is 0 Å². The number of hydrogen-bond donors (Lipinski definition) is 1. The summed E-state index contributed by atoms with van der Waals surface area (Å²) in [7, 11) is 0. The van der Waals surface area contributed by atoms with Crippen molar-refractivity contribution in [3.63, 3.8) is 0 Å². The fourth-order valence-electron chi connectivity index (χ4n) is 7.18. The number of carbonyl (C=O) groups is 2. The van der Waals surface area contributed by atoms with Gasteiger partial charge in [-0.25, -0.2) is 0 Å². The highest BCUT2D eigenvalue weighted by molar-refractivity contribution is 5.98. The third kappa shape index (κ3) is 2.81. The molecule has 5 nitrogen and oxygen atoms in total. The van der Waals surface area contributed by atoms with Crippen LogP contribution in [0.4, 0.5) is 0 Å². The lowest BCUT2D eigenvalue weighted by Crippen LogP contribution is -2.58. The lowest BCUT2D eigenvalue weighted by Gasteiger charge is -2.57. The van der Waals surface area contributed by atoms with Crippen LogP contribution in [0.2, 0.25) is 0 Å². The molecule has 4 saturated carbocycles. The molecule has 0 spiro atoms. The number of piperazine rings is 1. The van der Waals surface area contributed by atoms with Gasteiger partial charge in [-0.3, -0.25) is 9.59 Å². The fraction of sp³-hybridized carbons (Fsp3) is 0.583. The van der Waals surface area contributed by atoms with Gasteiger partial charge in [0.2, 0.25) is 5.91 Å². The first kappa shape index (κ1) is 17.5. The largest absolute Gasteiger partial charge is 0.351 e. The van der Waals surface area contributed by atoms with E-state index in [1.54, 1.807) is 0 Å². The molecular formula is C24H29N3O2. The Bertz CT molecular complexity index is 901. The zero-order valence-corrected chi connectivity index (χ0v) is 16.9. The van der Waals surface area contributed by atoms with Crippen molar-refractivity contribution in [3.05, 3.63) is 36.0 Å². The van der Waals surface area contributed by atoms with E-state index >= 15 is 0 Å². The minimum absolute atomic E-state index is 0.0445. The summed E-state index contributed by atoms with van der Waals surface area (Å²) in [6.45, 7) is 2.61. The molecule has 29 heavy (non-hydrogen) atoms. The second-order valence-electron chi connectivity index (χ2n) is 10.1. The number of para-hydroxylation sites is 1. The van der Waals surface area contributed by atoms with Crippen LogP contribution in [0.1, 0.15) is 49.0 Å². The highest BCUT2D eigenvalue weighted by Crippen LogP contribution is 2.60. The van der Waals surface area contributed by atoms with Crippen molar-refractivity contribution in [2.45, 2.75) is 38.5 Å².